The lowest BCUT2D eigenvalue weighted by molar-refractivity contribution is -0.173. The number of guanidine groups is 1. The van der Waals surface area contributed by atoms with Crippen molar-refractivity contribution in [3.05, 3.63) is 0 Å². The number of nitrogens with two attached hydrogens (primary N) is 1. The summed E-state index contributed by atoms with van der Waals surface area (Å²) < 4.78 is 39.6. The normalized spacial score (nSPS) is 16.3. The molecular weight excluding hydrogens is 362 g/mol. The maximum atomic E-state index is 11.7. The number of hydrogen-bond acceptors (Lipinski definition) is 2. The molecule has 108 valence electrons. The third-order valence-electron chi connectivity index (χ3n) is 2.44. The van der Waals surface area contributed by atoms with Crippen molar-refractivity contribution < 1.29 is 17.9 Å². The molecular formula is C10H19F3IN3O. The molecule has 2 N–H and O–H groups in total. The minimum Gasteiger partial charge on any atom is -0.372 e. The molecule has 1 rings (SSSR count). The first-order chi connectivity index (χ1) is 7.90. The average molecular weight is 381 g/mol. The van der Waals surface area contributed by atoms with E-state index in [0.717, 1.165) is 12.8 Å². The van der Waals surface area contributed by atoms with Gasteiger partial charge in [0, 0.05) is 26.2 Å². The Kier molecular flexibility index (Phi) is 7.92. The molecule has 0 amide bonds. The van der Waals surface area contributed by atoms with Gasteiger partial charge in [-0.15, -0.1) is 24.0 Å². The summed E-state index contributed by atoms with van der Waals surface area (Å²) in [5.74, 6) is 0.448. The minimum absolute atomic E-state index is 0. The van der Waals surface area contributed by atoms with Gasteiger partial charge in [-0.3, -0.25) is 4.99 Å². The van der Waals surface area contributed by atoms with Gasteiger partial charge in [-0.2, -0.15) is 13.2 Å². The van der Waals surface area contributed by atoms with Crippen molar-refractivity contribution >= 4 is 29.9 Å². The van der Waals surface area contributed by atoms with Crippen LogP contribution in [0.5, 0.6) is 0 Å². The Morgan fingerprint density at radius 3 is 2.56 bits per heavy atom. The van der Waals surface area contributed by atoms with Crippen LogP contribution in [0.2, 0.25) is 0 Å². The smallest absolute Gasteiger partial charge is 0.372 e. The second-order valence-corrected chi connectivity index (χ2v) is 4.10. The number of halogens is 4. The van der Waals surface area contributed by atoms with Gasteiger partial charge in [-0.25, -0.2) is 0 Å². The van der Waals surface area contributed by atoms with E-state index in [1.807, 2.05) is 11.9 Å². The zero-order valence-electron chi connectivity index (χ0n) is 10.2. The van der Waals surface area contributed by atoms with Crippen LogP contribution >= 0.6 is 24.0 Å². The summed E-state index contributed by atoms with van der Waals surface area (Å²) in [5, 5.41) is 0. The predicted molar refractivity (Wildman–Crippen MR) is 74.2 cm³/mol. The number of nitrogens with zero attached hydrogens (tertiary/aromatic N) is 2. The van der Waals surface area contributed by atoms with Crippen LogP contribution < -0.4 is 5.73 Å². The van der Waals surface area contributed by atoms with E-state index in [1.165, 1.54) is 0 Å². The van der Waals surface area contributed by atoms with Crippen molar-refractivity contribution in [2.24, 2.45) is 10.7 Å². The van der Waals surface area contributed by atoms with E-state index in [4.69, 9.17) is 5.73 Å². The van der Waals surface area contributed by atoms with Gasteiger partial charge >= 0.3 is 6.18 Å². The van der Waals surface area contributed by atoms with Crippen LogP contribution in [0.25, 0.3) is 0 Å². The zero-order chi connectivity index (χ0) is 12.9. The molecule has 1 fully saturated rings. The second kappa shape index (κ2) is 8.03. The van der Waals surface area contributed by atoms with Gasteiger partial charge in [0.15, 0.2) is 5.96 Å². The van der Waals surface area contributed by atoms with Gasteiger partial charge in [0.25, 0.3) is 0 Å². The van der Waals surface area contributed by atoms with Gasteiger partial charge in [-0.05, 0) is 19.3 Å². The van der Waals surface area contributed by atoms with Crippen molar-refractivity contribution in [2.75, 3.05) is 26.8 Å². The standard InChI is InChI=1S/C10H18F3N3O.HI/c1-16(8-3-4-8)9(14)15-5-2-6-17-7-10(11,12)13;/h8H,2-7H2,1H3,(H2,14,15);1H. The summed E-state index contributed by atoms with van der Waals surface area (Å²) in [4.78, 5) is 5.98. The Bertz CT molecular complexity index is 270. The predicted octanol–water partition coefficient (Wildman–Crippen LogP) is 1.98. The summed E-state index contributed by atoms with van der Waals surface area (Å²) >= 11 is 0. The van der Waals surface area contributed by atoms with E-state index >= 15 is 0 Å². The monoisotopic (exact) mass is 381 g/mol. The lowest BCUT2D eigenvalue weighted by Gasteiger charge is -2.16. The molecule has 4 nitrogen and oxygen atoms in total. The van der Waals surface area contributed by atoms with Gasteiger partial charge in [0.2, 0.25) is 0 Å². The quantitative estimate of drug-likeness (QED) is 0.331. The van der Waals surface area contributed by atoms with Crippen molar-refractivity contribution in [3.63, 3.8) is 0 Å². The molecule has 0 bridgehead atoms. The summed E-state index contributed by atoms with van der Waals surface area (Å²) in [6.45, 7) is -0.766. The number of rotatable bonds is 6. The molecule has 1 saturated carbocycles. The largest absolute Gasteiger partial charge is 0.411 e. The molecule has 0 aromatic heterocycles. The van der Waals surface area contributed by atoms with Crippen molar-refractivity contribution in [2.45, 2.75) is 31.5 Å². The molecule has 0 aromatic carbocycles. The SMILES string of the molecule is CN(C(N)=NCCCOCC(F)(F)F)C1CC1.I. The summed E-state index contributed by atoms with van der Waals surface area (Å²) in [6.07, 6.45) is -1.56. The van der Waals surface area contributed by atoms with Crippen LogP contribution in [-0.2, 0) is 4.74 Å². The van der Waals surface area contributed by atoms with Crippen molar-refractivity contribution in [1.29, 1.82) is 0 Å². The fourth-order valence-corrected chi connectivity index (χ4v) is 1.31. The molecule has 18 heavy (non-hydrogen) atoms. The van der Waals surface area contributed by atoms with Crippen molar-refractivity contribution in [3.8, 4) is 0 Å². The second-order valence-electron chi connectivity index (χ2n) is 4.10. The van der Waals surface area contributed by atoms with Crippen LogP contribution in [0.1, 0.15) is 19.3 Å². The minimum atomic E-state index is -4.26. The molecule has 0 atom stereocenters. The van der Waals surface area contributed by atoms with E-state index < -0.39 is 12.8 Å². The average Bonchev–Trinajstić information content (AvgIpc) is 3.03. The Hall–Kier alpha value is -0.250. The topological polar surface area (TPSA) is 50.8 Å². The van der Waals surface area contributed by atoms with E-state index in [0.29, 0.717) is 25.0 Å². The van der Waals surface area contributed by atoms with E-state index in [1.54, 1.807) is 0 Å². The number of alkyl halides is 3. The highest BCUT2D eigenvalue weighted by molar-refractivity contribution is 14.0. The maximum Gasteiger partial charge on any atom is 0.411 e. The molecule has 0 spiro atoms. The van der Waals surface area contributed by atoms with Crippen LogP contribution in [0.4, 0.5) is 13.2 Å². The first-order valence-corrected chi connectivity index (χ1v) is 5.57. The third kappa shape index (κ3) is 7.96. The van der Waals surface area contributed by atoms with Gasteiger partial charge in [0.1, 0.15) is 6.61 Å². The molecule has 0 aromatic rings. The molecule has 0 unspecified atom stereocenters. The zero-order valence-corrected chi connectivity index (χ0v) is 12.6. The Labute approximate surface area is 122 Å². The summed E-state index contributed by atoms with van der Waals surface area (Å²) in [6, 6.07) is 0.486. The fourth-order valence-electron chi connectivity index (χ4n) is 1.31. The van der Waals surface area contributed by atoms with Gasteiger partial charge in [-0.1, -0.05) is 0 Å². The Balaban J connectivity index is 0.00000289. The Morgan fingerprint density at radius 1 is 1.44 bits per heavy atom. The number of hydrogen-bond donors (Lipinski definition) is 1. The first kappa shape index (κ1) is 17.8. The maximum absolute atomic E-state index is 11.7. The molecule has 0 heterocycles. The van der Waals surface area contributed by atoms with Crippen molar-refractivity contribution in [1.82, 2.24) is 4.90 Å². The van der Waals surface area contributed by atoms with Crippen LogP contribution in [0.3, 0.4) is 0 Å². The lowest BCUT2D eigenvalue weighted by Crippen LogP contribution is -2.35. The molecule has 8 heteroatoms. The summed E-state index contributed by atoms with van der Waals surface area (Å²) in [5.41, 5.74) is 5.70. The van der Waals surface area contributed by atoms with E-state index in [-0.39, 0.29) is 30.6 Å². The lowest BCUT2D eigenvalue weighted by atomic mass is 10.4. The van der Waals surface area contributed by atoms with E-state index in [9.17, 15) is 13.2 Å². The highest BCUT2D eigenvalue weighted by atomic mass is 127. The molecule has 0 radical (unpaired) electrons. The van der Waals surface area contributed by atoms with Crippen LogP contribution in [-0.4, -0.2) is 49.9 Å². The highest BCUT2D eigenvalue weighted by Crippen LogP contribution is 2.24. The Morgan fingerprint density at radius 2 is 2.06 bits per heavy atom. The molecule has 1 aliphatic carbocycles. The highest BCUT2D eigenvalue weighted by Gasteiger charge is 2.27. The summed E-state index contributed by atoms with van der Waals surface area (Å²) in [7, 11) is 1.87. The molecule has 1 aliphatic rings. The number of aliphatic imine (C=N–C) groups is 1. The molecule has 0 saturated heterocycles. The third-order valence-corrected chi connectivity index (χ3v) is 2.44. The molecule has 0 aliphatic heterocycles. The van der Waals surface area contributed by atoms with Crippen LogP contribution in [0.15, 0.2) is 4.99 Å². The fraction of sp³-hybridized carbons (Fsp3) is 0.900. The number of ether oxygens (including phenoxy) is 1. The van der Waals surface area contributed by atoms with Crippen LogP contribution in [0, 0.1) is 0 Å². The first-order valence-electron chi connectivity index (χ1n) is 5.57. The van der Waals surface area contributed by atoms with Gasteiger partial charge in [0.05, 0.1) is 0 Å². The van der Waals surface area contributed by atoms with Gasteiger partial charge < -0.3 is 15.4 Å². The van der Waals surface area contributed by atoms with E-state index in [2.05, 4.69) is 9.73 Å².